The minimum atomic E-state index is 0.863. The van der Waals surface area contributed by atoms with E-state index in [0.717, 1.165) is 51.7 Å². The zero-order valence-electron chi connectivity index (χ0n) is 16.1. The van der Waals surface area contributed by atoms with Gasteiger partial charge in [0.25, 0.3) is 0 Å². The van der Waals surface area contributed by atoms with Gasteiger partial charge in [0.1, 0.15) is 5.01 Å². The monoisotopic (exact) mass is 399 g/mol. The maximum Gasteiger partial charge on any atom is 0.206 e. The summed E-state index contributed by atoms with van der Waals surface area (Å²) in [6, 6.07) is 21.3. The molecule has 0 amide bonds. The van der Waals surface area contributed by atoms with E-state index in [9.17, 15) is 0 Å². The molecule has 144 valence electrons. The molecule has 29 heavy (non-hydrogen) atoms. The van der Waals surface area contributed by atoms with Crippen molar-refractivity contribution in [2.45, 2.75) is 19.8 Å². The van der Waals surface area contributed by atoms with Crippen molar-refractivity contribution in [3.8, 4) is 10.6 Å². The first kappa shape index (κ1) is 17.8. The number of aryl methyl sites for hydroxylation is 2. The Morgan fingerprint density at radius 2 is 1.86 bits per heavy atom. The molecule has 0 atom stereocenters. The maximum absolute atomic E-state index is 4.36. The third-order valence-corrected chi connectivity index (χ3v) is 6.13. The highest BCUT2D eigenvalue weighted by Gasteiger charge is 2.09. The molecule has 0 unspecified atom stereocenters. The van der Waals surface area contributed by atoms with Crippen LogP contribution in [0.1, 0.15) is 17.7 Å². The Labute approximate surface area is 172 Å². The van der Waals surface area contributed by atoms with E-state index in [1.54, 1.807) is 11.3 Å². The van der Waals surface area contributed by atoms with Gasteiger partial charge in [0, 0.05) is 23.2 Å². The Morgan fingerprint density at radius 1 is 0.966 bits per heavy atom. The van der Waals surface area contributed by atoms with E-state index in [1.165, 1.54) is 16.3 Å². The smallest absolute Gasteiger partial charge is 0.206 e. The molecule has 0 aliphatic heterocycles. The second kappa shape index (κ2) is 7.64. The molecule has 2 heterocycles. The summed E-state index contributed by atoms with van der Waals surface area (Å²) < 4.78 is 0. The van der Waals surface area contributed by atoms with Gasteiger partial charge >= 0.3 is 0 Å². The van der Waals surface area contributed by atoms with Gasteiger partial charge in [-0.1, -0.05) is 53.8 Å². The second-order valence-electron chi connectivity index (χ2n) is 7.16. The first-order valence-corrected chi connectivity index (χ1v) is 10.6. The molecule has 5 rings (SSSR count). The van der Waals surface area contributed by atoms with Crippen LogP contribution in [0.5, 0.6) is 0 Å². The maximum atomic E-state index is 4.36. The quantitative estimate of drug-likeness (QED) is 0.365. The number of fused-ring (bicyclic) bond motifs is 2. The van der Waals surface area contributed by atoms with Gasteiger partial charge in [0.2, 0.25) is 5.13 Å². The van der Waals surface area contributed by atoms with Crippen molar-refractivity contribution < 1.29 is 0 Å². The number of H-pyrrole nitrogens is 1. The predicted molar refractivity (Wildman–Crippen MR) is 120 cm³/mol. The largest absolute Gasteiger partial charge is 0.360 e. The van der Waals surface area contributed by atoms with E-state index in [4.69, 9.17) is 0 Å². The fourth-order valence-electron chi connectivity index (χ4n) is 3.67. The molecule has 2 aromatic heterocycles. The number of nitrogens with zero attached hydrogens (tertiary/aromatic N) is 3. The molecule has 0 spiro atoms. The zero-order valence-corrected chi connectivity index (χ0v) is 17.0. The Morgan fingerprint density at radius 3 is 2.83 bits per heavy atom. The average molecular weight is 400 g/mol. The van der Waals surface area contributed by atoms with Crippen LogP contribution in [0.15, 0.2) is 60.7 Å². The van der Waals surface area contributed by atoms with Crippen molar-refractivity contribution in [2.75, 3.05) is 11.9 Å². The number of aromatic nitrogens is 4. The minimum absolute atomic E-state index is 0.863. The summed E-state index contributed by atoms with van der Waals surface area (Å²) in [6.07, 6.45) is 2.08. The Bertz CT molecular complexity index is 1280. The summed E-state index contributed by atoms with van der Waals surface area (Å²) in [4.78, 5) is 0. The standard InChI is InChI=1S/C23H21N5S/c1-15-20-14-18(11-12-21(20)26-25-15)22-27-28-23(29-22)24-13-5-9-17-8-4-7-16-6-2-3-10-19(16)17/h2-4,6-8,10-12,14H,5,9,13H2,1H3,(H,24,28)(H,25,26). The number of aromatic amines is 1. The first-order valence-electron chi connectivity index (χ1n) is 9.77. The predicted octanol–water partition coefficient (Wildman–Crippen LogP) is 5.59. The number of hydrogen-bond acceptors (Lipinski definition) is 5. The van der Waals surface area contributed by atoms with Gasteiger partial charge in [-0.3, -0.25) is 5.10 Å². The van der Waals surface area contributed by atoms with Crippen LogP contribution >= 0.6 is 11.3 Å². The van der Waals surface area contributed by atoms with Crippen LogP contribution in [0.3, 0.4) is 0 Å². The highest BCUT2D eigenvalue weighted by Crippen LogP contribution is 2.29. The van der Waals surface area contributed by atoms with Crippen LogP contribution in [0.25, 0.3) is 32.2 Å². The van der Waals surface area contributed by atoms with Crippen molar-refractivity contribution >= 4 is 38.1 Å². The van der Waals surface area contributed by atoms with Crippen LogP contribution < -0.4 is 5.32 Å². The van der Waals surface area contributed by atoms with Gasteiger partial charge in [0.05, 0.1) is 5.52 Å². The van der Waals surface area contributed by atoms with Gasteiger partial charge in [0.15, 0.2) is 0 Å². The van der Waals surface area contributed by atoms with Gasteiger partial charge in [-0.15, -0.1) is 10.2 Å². The summed E-state index contributed by atoms with van der Waals surface area (Å²) in [6.45, 7) is 2.90. The fraction of sp³-hybridized carbons (Fsp3) is 0.174. The normalized spacial score (nSPS) is 11.3. The van der Waals surface area contributed by atoms with E-state index in [1.807, 2.05) is 19.1 Å². The van der Waals surface area contributed by atoms with E-state index in [-0.39, 0.29) is 0 Å². The molecule has 6 heteroatoms. The lowest BCUT2D eigenvalue weighted by molar-refractivity contribution is 0.864. The molecular formula is C23H21N5S. The molecule has 3 aromatic carbocycles. The van der Waals surface area contributed by atoms with Gasteiger partial charge < -0.3 is 5.32 Å². The van der Waals surface area contributed by atoms with Crippen LogP contribution in [-0.2, 0) is 6.42 Å². The van der Waals surface area contributed by atoms with Gasteiger partial charge in [-0.25, -0.2) is 0 Å². The van der Waals surface area contributed by atoms with Crippen molar-refractivity contribution in [2.24, 2.45) is 0 Å². The molecule has 0 saturated heterocycles. The second-order valence-corrected chi connectivity index (χ2v) is 8.14. The van der Waals surface area contributed by atoms with Crippen LogP contribution in [0.4, 0.5) is 5.13 Å². The van der Waals surface area contributed by atoms with Crippen LogP contribution in [0, 0.1) is 6.92 Å². The molecular weight excluding hydrogens is 378 g/mol. The lowest BCUT2D eigenvalue weighted by Crippen LogP contribution is -2.02. The van der Waals surface area contributed by atoms with E-state index >= 15 is 0 Å². The Hall–Kier alpha value is -3.25. The lowest BCUT2D eigenvalue weighted by atomic mass is 10.0. The molecule has 0 saturated carbocycles. The fourth-order valence-corrected chi connectivity index (χ4v) is 4.43. The molecule has 2 N–H and O–H groups in total. The Balaban J connectivity index is 1.23. The average Bonchev–Trinajstić information content (AvgIpc) is 3.38. The van der Waals surface area contributed by atoms with E-state index < -0.39 is 0 Å². The molecule has 0 radical (unpaired) electrons. The van der Waals surface area contributed by atoms with Crippen LogP contribution in [-0.4, -0.2) is 26.9 Å². The summed E-state index contributed by atoms with van der Waals surface area (Å²) >= 11 is 1.59. The summed E-state index contributed by atoms with van der Waals surface area (Å²) in [5, 5.41) is 25.0. The summed E-state index contributed by atoms with van der Waals surface area (Å²) in [5.41, 5.74) is 4.51. The zero-order chi connectivity index (χ0) is 19.6. The molecule has 0 fully saturated rings. The summed E-state index contributed by atoms with van der Waals surface area (Å²) in [5.74, 6) is 0. The number of hydrogen-bond donors (Lipinski definition) is 2. The minimum Gasteiger partial charge on any atom is -0.360 e. The van der Waals surface area contributed by atoms with Crippen molar-refractivity contribution in [3.05, 3.63) is 71.9 Å². The number of benzene rings is 3. The SMILES string of the molecule is Cc1[nH]nc2ccc(-c3nnc(NCCCc4cccc5ccccc45)s3)cc12. The number of anilines is 1. The molecule has 5 nitrogen and oxygen atoms in total. The van der Waals surface area contributed by atoms with E-state index in [0.29, 0.717) is 0 Å². The van der Waals surface area contributed by atoms with Gasteiger partial charge in [-0.2, -0.15) is 5.10 Å². The van der Waals surface area contributed by atoms with Crippen molar-refractivity contribution in [1.29, 1.82) is 0 Å². The molecule has 0 aliphatic rings. The topological polar surface area (TPSA) is 66.5 Å². The summed E-state index contributed by atoms with van der Waals surface area (Å²) in [7, 11) is 0. The Kier molecular flexibility index (Phi) is 4.69. The molecule has 0 bridgehead atoms. The van der Waals surface area contributed by atoms with Crippen molar-refractivity contribution in [1.82, 2.24) is 20.4 Å². The lowest BCUT2D eigenvalue weighted by Gasteiger charge is -2.06. The highest BCUT2D eigenvalue weighted by atomic mass is 32.1. The third-order valence-electron chi connectivity index (χ3n) is 5.20. The number of nitrogens with one attached hydrogen (secondary N) is 2. The molecule has 0 aliphatic carbocycles. The van der Waals surface area contributed by atoms with Gasteiger partial charge in [-0.05, 0) is 54.3 Å². The highest BCUT2D eigenvalue weighted by molar-refractivity contribution is 7.18. The van der Waals surface area contributed by atoms with Crippen molar-refractivity contribution in [3.63, 3.8) is 0 Å². The third kappa shape index (κ3) is 3.59. The molecule has 5 aromatic rings. The number of rotatable bonds is 6. The first-order chi connectivity index (χ1) is 14.3. The van der Waals surface area contributed by atoms with Crippen LogP contribution in [0.2, 0.25) is 0 Å². The van der Waals surface area contributed by atoms with E-state index in [2.05, 4.69) is 74.2 Å².